The first-order valence-electron chi connectivity index (χ1n) is 5.89. The molecule has 0 spiro atoms. The molecule has 2 heterocycles. The maximum absolute atomic E-state index is 11.7. The third-order valence-corrected chi connectivity index (χ3v) is 3.76. The lowest BCUT2D eigenvalue weighted by Gasteiger charge is -2.05. The molecule has 0 amide bonds. The molecule has 0 fully saturated rings. The molecule has 0 atom stereocenters. The van der Waals surface area contributed by atoms with Crippen LogP contribution < -0.4 is 5.14 Å². The Hall–Kier alpha value is -1.80. The van der Waals surface area contributed by atoms with Crippen molar-refractivity contribution >= 4 is 10.0 Å². The van der Waals surface area contributed by atoms with Crippen molar-refractivity contribution in [2.24, 2.45) is 5.14 Å². The normalized spacial score (nSPS) is 11.7. The molecule has 0 unspecified atom stereocenters. The SMILES string of the molecule is CCc1nn(-c2cnccn2)c(CC)c1S(N)(=O)=O. The van der Waals surface area contributed by atoms with Crippen LogP contribution in [-0.2, 0) is 22.9 Å². The lowest BCUT2D eigenvalue weighted by molar-refractivity contribution is 0.595. The minimum atomic E-state index is -3.81. The monoisotopic (exact) mass is 281 g/mol. The van der Waals surface area contributed by atoms with E-state index < -0.39 is 10.0 Å². The second-order valence-electron chi connectivity index (χ2n) is 3.95. The molecule has 0 aromatic carbocycles. The fourth-order valence-electron chi connectivity index (χ4n) is 1.95. The van der Waals surface area contributed by atoms with Gasteiger partial charge in [0.15, 0.2) is 5.82 Å². The van der Waals surface area contributed by atoms with Crippen molar-refractivity contribution in [3.05, 3.63) is 30.0 Å². The molecule has 2 aromatic rings. The van der Waals surface area contributed by atoms with Crippen molar-refractivity contribution in [1.29, 1.82) is 0 Å². The molecule has 0 aliphatic heterocycles. The zero-order chi connectivity index (χ0) is 14.0. The van der Waals surface area contributed by atoms with Gasteiger partial charge in [-0.1, -0.05) is 13.8 Å². The van der Waals surface area contributed by atoms with Crippen molar-refractivity contribution in [2.75, 3.05) is 0 Å². The van der Waals surface area contributed by atoms with Gasteiger partial charge in [-0.2, -0.15) is 5.10 Å². The summed E-state index contributed by atoms with van der Waals surface area (Å²) in [6.45, 7) is 3.68. The van der Waals surface area contributed by atoms with Crippen LogP contribution >= 0.6 is 0 Å². The van der Waals surface area contributed by atoms with Gasteiger partial charge in [0.25, 0.3) is 0 Å². The van der Waals surface area contributed by atoms with Gasteiger partial charge in [-0.25, -0.2) is 23.2 Å². The Morgan fingerprint density at radius 3 is 2.47 bits per heavy atom. The number of aryl methyl sites for hydroxylation is 1. The second kappa shape index (κ2) is 5.06. The number of hydrogen-bond donors (Lipinski definition) is 1. The summed E-state index contributed by atoms with van der Waals surface area (Å²) >= 11 is 0. The van der Waals surface area contributed by atoms with Gasteiger partial charge in [0, 0.05) is 12.4 Å². The lowest BCUT2D eigenvalue weighted by atomic mass is 10.2. The first-order chi connectivity index (χ1) is 8.99. The van der Waals surface area contributed by atoms with Gasteiger partial charge in [0.2, 0.25) is 10.0 Å². The Morgan fingerprint density at radius 1 is 1.26 bits per heavy atom. The average molecular weight is 281 g/mol. The van der Waals surface area contributed by atoms with Gasteiger partial charge in [-0.15, -0.1) is 0 Å². The molecular formula is C11H15N5O2S. The first kappa shape index (κ1) is 13.6. The third-order valence-electron chi connectivity index (χ3n) is 2.72. The minimum Gasteiger partial charge on any atom is -0.259 e. The number of nitrogens with two attached hydrogens (primary N) is 1. The Bertz CT molecular complexity index is 679. The molecule has 2 rings (SSSR count). The third kappa shape index (κ3) is 2.49. The highest BCUT2D eigenvalue weighted by molar-refractivity contribution is 7.89. The summed E-state index contributed by atoms with van der Waals surface area (Å²) in [5, 5.41) is 9.57. The molecule has 0 radical (unpaired) electrons. The average Bonchev–Trinajstić information content (AvgIpc) is 2.78. The predicted molar refractivity (Wildman–Crippen MR) is 69.3 cm³/mol. The Balaban J connectivity index is 2.75. The van der Waals surface area contributed by atoms with Crippen molar-refractivity contribution in [2.45, 2.75) is 31.6 Å². The van der Waals surface area contributed by atoms with E-state index in [9.17, 15) is 8.42 Å². The first-order valence-corrected chi connectivity index (χ1v) is 7.43. The van der Waals surface area contributed by atoms with Crippen molar-refractivity contribution in [1.82, 2.24) is 19.7 Å². The number of hydrogen-bond acceptors (Lipinski definition) is 5. The molecule has 0 aliphatic rings. The predicted octanol–water partition coefficient (Wildman–Crippen LogP) is 0.435. The summed E-state index contributed by atoms with van der Waals surface area (Å²) in [4.78, 5) is 8.19. The summed E-state index contributed by atoms with van der Waals surface area (Å²) < 4.78 is 24.9. The summed E-state index contributed by atoms with van der Waals surface area (Å²) in [5.41, 5.74) is 0.977. The molecule has 0 bridgehead atoms. The molecular weight excluding hydrogens is 266 g/mol. The van der Waals surface area contributed by atoms with E-state index in [1.807, 2.05) is 13.8 Å². The smallest absolute Gasteiger partial charge is 0.241 e. The zero-order valence-electron chi connectivity index (χ0n) is 10.7. The lowest BCUT2D eigenvalue weighted by Crippen LogP contribution is -2.16. The van der Waals surface area contributed by atoms with E-state index in [2.05, 4.69) is 15.1 Å². The highest BCUT2D eigenvalue weighted by atomic mass is 32.2. The van der Waals surface area contributed by atoms with E-state index in [0.717, 1.165) is 0 Å². The van der Waals surface area contributed by atoms with Crippen LogP contribution in [0.25, 0.3) is 5.82 Å². The van der Waals surface area contributed by atoms with Crippen molar-refractivity contribution in [3.8, 4) is 5.82 Å². The largest absolute Gasteiger partial charge is 0.259 e. The standard InChI is InChI=1S/C11H15N5O2S/c1-3-8-11(19(12,17)18)9(4-2)16(15-8)10-7-13-5-6-14-10/h5-7H,3-4H2,1-2H3,(H2,12,17,18). The summed E-state index contributed by atoms with van der Waals surface area (Å²) in [7, 11) is -3.81. The summed E-state index contributed by atoms with van der Waals surface area (Å²) in [6, 6.07) is 0. The van der Waals surface area contributed by atoms with Gasteiger partial charge in [-0.05, 0) is 12.8 Å². The van der Waals surface area contributed by atoms with E-state index in [1.54, 1.807) is 6.20 Å². The quantitative estimate of drug-likeness (QED) is 0.875. The van der Waals surface area contributed by atoms with Crippen LogP contribution in [0.3, 0.4) is 0 Å². The second-order valence-corrected chi connectivity index (χ2v) is 5.45. The summed E-state index contributed by atoms with van der Waals surface area (Å²) in [6.07, 6.45) is 5.55. The maximum Gasteiger partial charge on any atom is 0.241 e. The molecule has 2 aromatic heterocycles. The Labute approximate surface area is 111 Å². The van der Waals surface area contributed by atoms with E-state index in [1.165, 1.54) is 17.1 Å². The maximum atomic E-state index is 11.7. The van der Waals surface area contributed by atoms with Crippen LogP contribution in [0.4, 0.5) is 0 Å². The number of aromatic nitrogens is 4. The number of nitrogens with zero attached hydrogens (tertiary/aromatic N) is 4. The summed E-state index contributed by atoms with van der Waals surface area (Å²) in [5.74, 6) is 0.476. The van der Waals surface area contributed by atoms with Crippen LogP contribution in [-0.4, -0.2) is 28.2 Å². The van der Waals surface area contributed by atoms with E-state index in [4.69, 9.17) is 5.14 Å². The van der Waals surface area contributed by atoms with Gasteiger partial charge in [-0.3, -0.25) is 4.98 Å². The van der Waals surface area contributed by atoms with Crippen LogP contribution in [0.2, 0.25) is 0 Å². The fraction of sp³-hybridized carbons (Fsp3) is 0.364. The van der Waals surface area contributed by atoms with Crippen LogP contribution in [0, 0.1) is 0 Å². The fourth-order valence-corrected chi connectivity index (χ4v) is 3.02. The molecule has 0 saturated carbocycles. The van der Waals surface area contributed by atoms with Gasteiger partial charge in [0.1, 0.15) is 4.90 Å². The molecule has 102 valence electrons. The van der Waals surface area contributed by atoms with Gasteiger partial charge < -0.3 is 0 Å². The zero-order valence-corrected chi connectivity index (χ0v) is 11.6. The topological polar surface area (TPSA) is 104 Å². The molecule has 8 heteroatoms. The number of rotatable bonds is 4. The van der Waals surface area contributed by atoms with Crippen LogP contribution in [0.15, 0.2) is 23.5 Å². The number of sulfonamides is 1. The van der Waals surface area contributed by atoms with E-state index in [0.29, 0.717) is 30.0 Å². The molecule has 0 aliphatic carbocycles. The minimum absolute atomic E-state index is 0.100. The van der Waals surface area contributed by atoms with Crippen LogP contribution in [0.5, 0.6) is 0 Å². The Kier molecular flexibility index (Phi) is 3.63. The van der Waals surface area contributed by atoms with Crippen LogP contribution in [0.1, 0.15) is 25.2 Å². The highest BCUT2D eigenvalue weighted by Gasteiger charge is 2.25. The molecule has 0 saturated heterocycles. The van der Waals surface area contributed by atoms with E-state index in [-0.39, 0.29) is 4.90 Å². The van der Waals surface area contributed by atoms with Gasteiger partial charge in [0.05, 0.1) is 17.6 Å². The molecule has 2 N–H and O–H groups in total. The van der Waals surface area contributed by atoms with Gasteiger partial charge >= 0.3 is 0 Å². The van der Waals surface area contributed by atoms with E-state index >= 15 is 0 Å². The molecule has 7 nitrogen and oxygen atoms in total. The number of primary sulfonamides is 1. The Morgan fingerprint density at radius 2 is 2.00 bits per heavy atom. The van der Waals surface area contributed by atoms with Crippen molar-refractivity contribution in [3.63, 3.8) is 0 Å². The molecule has 19 heavy (non-hydrogen) atoms. The highest BCUT2D eigenvalue weighted by Crippen LogP contribution is 2.22. The van der Waals surface area contributed by atoms with Crippen molar-refractivity contribution < 1.29 is 8.42 Å².